The molecule has 0 radical (unpaired) electrons. The molecule has 0 aromatic heterocycles. The van der Waals surface area contributed by atoms with Crippen LogP contribution in [-0.2, 0) is 0 Å². The Labute approximate surface area is 127 Å². The van der Waals surface area contributed by atoms with Crippen LogP contribution < -0.4 is 5.32 Å². The molecule has 1 N–H and O–H groups in total. The van der Waals surface area contributed by atoms with E-state index in [9.17, 15) is 0 Å². The van der Waals surface area contributed by atoms with Crippen LogP contribution in [0.3, 0.4) is 0 Å². The van der Waals surface area contributed by atoms with Gasteiger partial charge in [0.25, 0.3) is 0 Å². The average molecular weight is 283 g/mol. The molecule has 0 aromatic carbocycles. The van der Waals surface area contributed by atoms with Gasteiger partial charge in [-0.2, -0.15) is 0 Å². The van der Waals surface area contributed by atoms with Gasteiger partial charge in [-0.1, -0.05) is 41.5 Å². The first-order chi connectivity index (χ1) is 9.44. The van der Waals surface area contributed by atoms with Gasteiger partial charge in [0.05, 0.1) is 0 Å². The highest BCUT2D eigenvalue weighted by Crippen LogP contribution is 2.27. The molecule has 1 aliphatic rings. The zero-order valence-electron chi connectivity index (χ0n) is 14.8. The van der Waals surface area contributed by atoms with Crippen LogP contribution in [0.5, 0.6) is 0 Å². The molecule has 20 heavy (non-hydrogen) atoms. The fourth-order valence-electron chi connectivity index (χ4n) is 3.08. The van der Waals surface area contributed by atoms with E-state index < -0.39 is 0 Å². The maximum atomic E-state index is 3.76. The highest BCUT2D eigenvalue weighted by Gasteiger charge is 2.30. The third-order valence-electron chi connectivity index (χ3n) is 4.89. The topological polar surface area (TPSA) is 15.3 Å². The van der Waals surface area contributed by atoms with Gasteiger partial charge in [0.15, 0.2) is 0 Å². The number of nitrogens with zero attached hydrogens (tertiary/aromatic N) is 1. The van der Waals surface area contributed by atoms with Crippen LogP contribution in [-0.4, -0.2) is 36.6 Å². The molecular formula is C18H38N2. The van der Waals surface area contributed by atoms with Gasteiger partial charge in [-0.15, -0.1) is 0 Å². The summed E-state index contributed by atoms with van der Waals surface area (Å²) in [7, 11) is 0. The van der Waals surface area contributed by atoms with Crippen molar-refractivity contribution in [1.82, 2.24) is 10.2 Å². The van der Waals surface area contributed by atoms with Gasteiger partial charge >= 0.3 is 0 Å². The maximum absolute atomic E-state index is 3.76. The van der Waals surface area contributed by atoms with E-state index in [0.717, 1.165) is 18.0 Å². The Morgan fingerprint density at radius 1 is 1.15 bits per heavy atom. The van der Waals surface area contributed by atoms with Crippen LogP contribution in [0, 0.1) is 11.3 Å². The van der Waals surface area contributed by atoms with Crippen LogP contribution in [0.1, 0.15) is 73.6 Å². The molecule has 2 heteroatoms. The van der Waals surface area contributed by atoms with Crippen molar-refractivity contribution in [2.75, 3.05) is 19.6 Å². The fourth-order valence-corrected chi connectivity index (χ4v) is 3.08. The highest BCUT2D eigenvalue weighted by molar-refractivity contribution is 4.88. The number of nitrogens with one attached hydrogen (secondary N) is 1. The van der Waals surface area contributed by atoms with Gasteiger partial charge in [-0.25, -0.2) is 0 Å². The normalized spacial score (nSPS) is 19.1. The van der Waals surface area contributed by atoms with Crippen molar-refractivity contribution in [3.63, 3.8) is 0 Å². The van der Waals surface area contributed by atoms with Crippen molar-refractivity contribution in [1.29, 1.82) is 0 Å². The van der Waals surface area contributed by atoms with E-state index in [4.69, 9.17) is 0 Å². The third kappa shape index (κ3) is 6.13. The summed E-state index contributed by atoms with van der Waals surface area (Å²) in [5.74, 6) is 0.757. The molecule has 1 atom stereocenters. The predicted molar refractivity (Wildman–Crippen MR) is 90.2 cm³/mol. The Balaban J connectivity index is 2.61. The monoisotopic (exact) mass is 282 g/mol. The average Bonchev–Trinajstić information content (AvgIpc) is 3.21. The molecule has 0 aliphatic heterocycles. The molecule has 0 bridgehead atoms. The van der Waals surface area contributed by atoms with Gasteiger partial charge < -0.3 is 5.32 Å². The Kier molecular flexibility index (Phi) is 7.53. The second-order valence-corrected chi connectivity index (χ2v) is 7.61. The first-order valence-electron chi connectivity index (χ1n) is 8.91. The minimum atomic E-state index is 0.417. The molecule has 0 aromatic rings. The summed E-state index contributed by atoms with van der Waals surface area (Å²) in [5.41, 5.74) is 0.417. The SMILES string of the molecule is CCC(CC)N(CC(C)C)CC(C)(CC)CNC1CC1. The summed E-state index contributed by atoms with van der Waals surface area (Å²) in [6, 6.07) is 1.58. The molecule has 1 saturated carbocycles. The molecule has 1 rings (SSSR count). The predicted octanol–water partition coefficient (Wildman–Crippen LogP) is 4.30. The summed E-state index contributed by atoms with van der Waals surface area (Å²) >= 11 is 0. The molecule has 0 saturated heterocycles. The first-order valence-corrected chi connectivity index (χ1v) is 8.91. The third-order valence-corrected chi connectivity index (χ3v) is 4.89. The molecule has 120 valence electrons. The summed E-state index contributed by atoms with van der Waals surface area (Å²) in [6.45, 7) is 17.9. The van der Waals surface area contributed by atoms with Crippen molar-refractivity contribution in [3.05, 3.63) is 0 Å². The second-order valence-electron chi connectivity index (χ2n) is 7.61. The lowest BCUT2D eigenvalue weighted by Gasteiger charge is -2.40. The Bertz CT molecular complexity index is 256. The fraction of sp³-hybridized carbons (Fsp3) is 1.00. The van der Waals surface area contributed by atoms with Crippen molar-refractivity contribution in [3.8, 4) is 0 Å². The Morgan fingerprint density at radius 3 is 2.15 bits per heavy atom. The molecule has 2 nitrogen and oxygen atoms in total. The molecule has 1 unspecified atom stereocenters. The van der Waals surface area contributed by atoms with Crippen molar-refractivity contribution in [2.45, 2.75) is 85.7 Å². The molecule has 0 amide bonds. The maximum Gasteiger partial charge on any atom is 0.00903 e. The lowest BCUT2D eigenvalue weighted by molar-refractivity contribution is 0.0955. The molecule has 0 heterocycles. The number of hydrogen-bond donors (Lipinski definition) is 1. The van der Waals surface area contributed by atoms with Crippen LogP contribution in [0.15, 0.2) is 0 Å². The van der Waals surface area contributed by atoms with Gasteiger partial charge in [0, 0.05) is 31.7 Å². The Morgan fingerprint density at radius 2 is 1.75 bits per heavy atom. The minimum absolute atomic E-state index is 0.417. The van der Waals surface area contributed by atoms with Gasteiger partial charge in [0.1, 0.15) is 0 Å². The van der Waals surface area contributed by atoms with Crippen LogP contribution in [0.2, 0.25) is 0 Å². The zero-order chi connectivity index (χ0) is 15.2. The number of hydrogen-bond acceptors (Lipinski definition) is 2. The summed E-state index contributed by atoms with van der Waals surface area (Å²) in [4.78, 5) is 2.77. The summed E-state index contributed by atoms with van der Waals surface area (Å²) in [5, 5.41) is 3.76. The Hall–Kier alpha value is -0.0800. The standard InChI is InChI=1S/C18H38N2/c1-7-17(8-2)20(12-15(4)5)14-18(6,9-3)13-19-16-10-11-16/h15-17,19H,7-14H2,1-6H3. The van der Waals surface area contributed by atoms with E-state index in [1.165, 1.54) is 51.7 Å². The van der Waals surface area contributed by atoms with Crippen molar-refractivity contribution < 1.29 is 0 Å². The van der Waals surface area contributed by atoms with Crippen molar-refractivity contribution >= 4 is 0 Å². The molecule has 1 fully saturated rings. The van der Waals surface area contributed by atoms with Gasteiger partial charge in [-0.3, -0.25) is 4.90 Å². The van der Waals surface area contributed by atoms with Crippen LogP contribution in [0.4, 0.5) is 0 Å². The quantitative estimate of drug-likeness (QED) is 0.608. The van der Waals surface area contributed by atoms with Crippen molar-refractivity contribution in [2.24, 2.45) is 11.3 Å². The van der Waals surface area contributed by atoms with E-state index in [1.807, 2.05) is 0 Å². The smallest absolute Gasteiger partial charge is 0.00903 e. The van der Waals surface area contributed by atoms with Gasteiger partial charge in [0.2, 0.25) is 0 Å². The van der Waals surface area contributed by atoms with Crippen LogP contribution in [0.25, 0.3) is 0 Å². The molecule has 0 spiro atoms. The van der Waals surface area contributed by atoms with Gasteiger partial charge in [-0.05, 0) is 43.4 Å². The van der Waals surface area contributed by atoms with E-state index >= 15 is 0 Å². The van der Waals surface area contributed by atoms with E-state index in [1.54, 1.807) is 0 Å². The molecule has 1 aliphatic carbocycles. The summed E-state index contributed by atoms with van der Waals surface area (Å²) in [6.07, 6.45) is 6.60. The highest BCUT2D eigenvalue weighted by atomic mass is 15.2. The van der Waals surface area contributed by atoms with E-state index in [-0.39, 0.29) is 0 Å². The lowest BCUT2D eigenvalue weighted by Crippen LogP contribution is -2.47. The zero-order valence-corrected chi connectivity index (χ0v) is 14.8. The number of rotatable bonds is 11. The van der Waals surface area contributed by atoms with E-state index in [0.29, 0.717) is 5.41 Å². The summed E-state index contributed by atoms with van der Waals surface area (Å²) < 4.78 is 0. The van der Waals surface area contributed by atoms with Crippen LogP contribution >= 0.6 is 0 Å². The van der Waals surface area contributed by atoms with E-state index in [2.05, 4.69) is 51.8 Å². The minimum Gasteiger partial charge on any atom is -0.313 e. The first kappa shape index (κ1) is 18.0. The second kappa shape index (κ2) is 8.38. The largest absolute Gasteiger partial charge is 0.313 e. The lowest BCUT2D eigenvalue weighted by atomic mass is 9.85. The molecular weight excluding hydrogens is 244 g/mol.